The predicted octanol–water partition coefficient (Wildman–Crippen LogP) is 4.14. The summed E-state index contributed by atoms with van der Waals surface area (Å²) in [5, 5.41) is 0. The number of ether oxygens (including phenoxy) is 1. The van der Waals surface area contributed by atoms with Crippen molar-refractivity contribution in [3.63, 3.8) is 0 Å². The van der Waals surface area contributed by atoms with Gasteiger partial charge in [-0.3, -0.25) is 0 Å². The number of aromatic nitrogens is 2. The lowest BCUT2D eigenvalue weighted by Gasteiger charge is -1.98. The molecule has 5 heteroatoms. The average molecular weight is 321 g/mol. The topological polar surface area (TPSA) is 37.9 Å². The lowest BCUT2D eigenvalue weighted by atomic mass is 10.2. The Morgan fingerprint density at radius 1 is 1.21 bits per heavy atom. The fraction of sp³-hybridized carbons (Fsp3) is 0.0714. The molecule has 1 aromatic heterocycles. The van der Waals surface area contributed by atoms with Crippen LogP contribution in [-0.4, -0.2) is 17.1 Å². The van der Waals surface area contributed by atoms with Crippen molar-refractivity contribution in [2.45, 2.75) is 0 Å². The molecule has 0 aliphatic rings. The van der Waals surface area contributed by atoms with Crippen LogP contribution in [0.1, 0.15) is 0 Å². The molecule has 0 bridgehead atoms. The molecule has 0 aliphatic heterocycles. The predicted molar refractivity (Wildman–Crippen MR) is 75.7 cm³/mol. The largest absolute Gasteiger partial charge is 0.497 e. The van der Waals surface area contributed by atoms with Crippen LogP contribution in [0, 0.1) is 5.82 Å². The van der Waals surface area contributed by atoms with Gasteiger partial charge in [-0.05, 0) is 46.3 Å². The number of benzene rings is 2. The second kappa shape index (κ2) is 4.66. The van der Waals surface area contributed by atoms with Crippen molar-refractivity contribution in [3.05, 3.63) is 46.7 Å². The fourth-order valence-electron chi connectivity index (χ4n) is 1.90. The Labute approximate surface area is 117 Å². The second-order valence-electron chi connectivity index (χ2n) is 4.10. The number of aromatic amines is 1. The summed E-state index contributed by atoms with van der Waals surface area (Å²) in [6, 6.07) is 10.5. The molecule has 1 heterocycles. The van der Waals surface area contributed by atoms with Crippen LogP contribution in [0.5, 0.6) is 5.75 Å². The van der Waals surface area contributed by atoms with E-state index < -0.39 is 0 Å². The number of imidazole rings is 1. The van der Waals surface area contributed by atoms with Gasteiger partial charge in [-0.2, -0.15) is 0 Å². The molecule has 1 N–H and O–H groups in total. The molecule has 0 saturated carbocycles. The number of H-pyrrole nitrogens is 1. The van der Waals surface area contributed by atoms with E-state index in [2.05, 4.69) is 25.9 Å². The number of halogens is 2. The van der Waals surface area contributed by atoms with E-state index in [0.717, 1.165) is 16.8 Å². The molecular weight excluding hydrogens is 311 g/mol. The van der Waals surface area contributed by atoms with Crippen LogP contribution >= 0.6 is 15.9 Å². The molecule has 0 fully saturated rings. The summed E-state index contributed by atoms with van der Waals surface area (Å²) in [4.78, 5) is 7.60. The van der Waals surface area contributed by atoms with E-state index in [1.165, 1.54) is 6.07 Å². The summed E-state index contributed by atoms with van der Waals surface area (Å²) in [6.45, 7) is 0. The number of nitrogens with one attached hydrogen (secondary N) is 1. The van der Waals surface area contributed by atoms with Crippen LogP contribution in [0.4, 0.5) is 4.39 Å². The summed E-state index contributed by atoms with van der Waals surface area (Å²) >= 11 is 3.13. The van der Waals surface area contributed by atoms with Gasteiger partial charge in [0.15, 0.2) is 0 Å². The fourth-order valence-corrected chi connectivity index (χ4v) is 2.14. The normalized spacial score (nSPS) is 10.9. The van der Waals surface area contributed by atoms with E-state index in [1.54, 1.807) is 13.2 Å². The Morgan fingerprint density at radius 3 is 2.79 bits per heavy atom. The van der Waals surface area contributed by atoms with Gasteiger partial charge in [0.1, 0.15) is 17.4 Å². The maximum Gasteiger partial charge on any atom is 0.138 e. The Hall–Kier alpha value is -1.88. The van der Waals surface area contributed by atoms with Gasteiger partial charge in [0.2, 0.25) is 0 Å². The molecule has 3 rings (SSSR count). The van der Waals surface area contributed by atoms with Crippen LogP contribution in [0.3, 0.4) is 0 Å². The summed E-state index contributed by atoms with van der Waals surface area (Å²) in [7, 11) is 1.61. The van der Waals surface area contributed by atoms with Gasteiger partial charge in [0.25, 0.3) is 0 Å². The van der Waals surface area contributed by atoms with Crippen molar-refractivity contribution >= 4 is 27.0 Å². The standard InChI is InChI=1S/C14H10BrFN2O/c1-19-9-3-5-12-13(7-9)18-14(17-12)8-2-4-10(15)11(16)6-8/h2-7H,1H3,(H,17,18). The average Bonchev–Trinajstić information content (AvgIpc) is 2.84. The van der Waals surface area contributed by atoms with Gasteiger partial charge in [0.05, 0.1) is 22.6 Å². The highest BCUT2D eigenvalue weighted by molar-refractivity contribution is 9.10. The van der Waals surface area contributed by atoms with E-state index >= 15 is 0 Å². The van der Waals surface area contributed by atoms with Crippen molar-refractivity contribution in [1.29, 1.82) is 0 Å². The minimum absolute atomic E-state index is 0.310. The molecular formula is C14H10BrFN2O. The van der Waals surface area contributed by atoms with E-state index in [0.29, 0.717) is 15.9 Å². The Morgan fingerprint density at radius 2 is 2.05 bits per heavy atom. The molecule has 0 atom stereocenters. The number of methoxy groups -OCH3 is 1. The third-order valence-electron chi connectivity index (χ3n) is 2.88. The van der Waals surface area contributed by atoms with Crippen molar-refractivity contribution in [2.75, 3.05) is 7.11 Å². The van der Waals surface area contributed by atoms with E-state index in [1.807, 2.05) is 24.3 Å². The zero-order valence-corrected chi connectivity index (χ0v) is 11.7. The molecule has 3 aromatic rings. The van der Waals surface area contributed by atoms with Crippen molar-refractivity contribution in [3.8, 4) is 17.1 Å². The first-order valence-corrected chi connectivity index (χ1v) is 6.46. The van der Waals surface area contributed by atoms with Crippen LogP contribution < -0.4 is 4.74 Å². The van der Waals surface area contributed by atoms with Crippen molar-refractivity contribution in [2.24, 2.45) is 0 Å². The summed E-state index contributed by atoms with van der Waals surface area (Å²) in [6.07, 6.45) is 0. The van der Waals surface area contributed by atoms with Crippen LogP contribution in [0.15, 0.2) is 40.9 Å². The molecule has 96 valence electrons. The Bertz CT molecular complexity index is 754. The maximum absolute atomic E-state index is 13.5. The molecule has 0 saturated heterocycles. The molecule has 2 aromatic carbocycles. The lowest BCUT2D eigenvalue weighted by molar-refractivity contribution is 0.415. The number of hydrogen-bond donors (Lipinski definition) is 1. The highest BCUT2D eigenvalue weighted by Gasteiger charge is 2.08. The van der Waals surface area contributed by atoms with Gasteiger partial charge < -0.3 is 9.72 Å². The third-order valence-corrected chi connectivity index (χ3v) is 3.53. The molecule has 0 amide bonds. The zero-order chi connectivity index (χ0) is 13.4. The minimum atomic E-state index is -0.310. The number of rotatable bonds is 2. The maximum atomic E-state index is 13.5. The van der Waals surface area contributed by atoms with Gasteiger partial charge in [0, 0.05) is 11.6 Å². The highest BCUT2D eigenvalue weighted by atomic mass is 79.9. The molecule has 0 spiro atoms. The van der Waals surface area contributed by atoms with Crippen LogP contribution in [0.25, 0.3) is 22.4 Å². The van der Waals surface area contributed by atoms with E-state index in [-0.39, 0.29) is 5.82 Å². The molecule has 0 radical (unpaired) electrons. The van der Waals surface area contributed by atoms with Crippen molar-refractivity contribution in [1.82, 2.24) is 9.97 Å². The number of hydrogen-bond acceptors (Lipinski definition) is 2. The number of nitrogens with zero attached hydrogens (tertiary/aromatic N) is 1. The Balaban J connectivity index is 2.11. The summed E-state index contributed by atoms with van der Waals surface area (Å²) < 4.78 is 19.1. The minimum Gasteiger partial charge on any atom is -0.497 e. The van der Waals surface area contributed by atoms with E-state index in [4.69, 9.17) is 4.74 Å². The van der Waals surface area contributed by atoms with Gasteiger partial charge >= 0.3 is 0 Å². The molecule has 0 aliphatic carbocycles. The van der Waals surface area contributed by atoms with Crippen LogP contribution in [-0.2, 0) is 0 Å². The van der Waals surface area contributed by atoms with Gasteiger partial charge in [-0.15, -0.1) is 0 Å². The first-order valence-electron chi connectivity index (χ1n) is 5.66. The smallest absolute Gasteiger partial charge is 0.138 e. The highest BCUT2D eigenvalue weighted by Crippen LogP contribution is 2.26. The van der Waals surface area contributed by atoms with Crippen LogP contribution in [0.2, 0.25) is 0 Å². The van der Waals surface area contributed by atoms with Gasteiger partial charge in [-0.1, -0.05) is 0 Å². The monoisotopic (exact) mass is 320 g/mol. The summed E-state index contributed by atoms with van der Waals surface area (Å²) in [5.74, 6) is 1.08. The molecule has 0 unspecified atom stereocenters. The molecule has 19 heavy (non-hydrogen) atoms. The third kappa shape index (κ3) is 2.21. The Kier molecular flexibility index (Phi) is 2.98. The zero-order valence-electron chi connectivity index (χ0n) is 10.1. The van der Waals surface area contributed by atoms with Gasteiger partial charge in [-0.25, -0.2) is 9.37 Å². The first kappa shape index (κ1) is 12.2. The lowest BCUT2D eigenvalue weighted by Crippen LogP contribution is -1.83. The van der Waals surface area contributed by atoms with E-state index in [9.17, 15) is 4.39 Å². The first-order chi connectivity index (χ1) is 9.17. The quantitative estimate of drug-likeness (QED) is 0.770. The SMILES string of the molecule is COc1ccc2nc(-c3ccc(Br)c(F)c3)[nH]c2c1. The molecule has 3 nitrogen and oxygen atoms in total. The van der Waals surface area contributed by atoms with Crippen molar-refractivity contribution < 1.29 is 9.13 Å². The summed E-state index contributed by atoms with van der Waals surface area (Å²) in [5.41, 5.74) is 2.38. The second-order valence-corrected chi connectivity index (χ2v) is 4.95. The number of fused-ring (bicyclic) bond motifs is 1.